The van der Waals surface area contributed by atoms with Crippen molar-refractivity contribution in [2.24, 2.45) is 10.1 Å². The lowest BCUT2D eigenvalue weighted by Crippen LogP contribution is -2.35. The molecule has 186 valence electrons. The molecule has 37 heavy (non-hydrogen) atoms. The zero-order valence-electron chi connectivity index (χ0n) is 20.0. The number of thioether (sulfide) groups is 1. The van der Waals surface area contributed by atoms with Crippen molar-refractivity contribution < 1.29 is 19.0 Å². The average molecular weight is 514 g/mol. The van der Waals surface area contributed by atoms with E-state index in [0.29, 0.717) is 47.1 Å². The molecule has 0 atom stereocenters. The minimum atomic E-state index is -0.497. The van der Waals surface area contributed by atoms with Gasteiger partial charge in [-0.25, -0.2) is 0 Å². The van der Waals surface area contributed by atoms with Crippen LogP contribution in [0.5, 0.6) is 17.2 Å². The maximum absolute atomic E-state index is 12.8. The Morgan fingerprint density at radius 2 is 1.84 bits per heavy atom. The number of amides is 1. The molecule has 2 aliphatic rings. The summed E-state index contributed by atoms with van der Waals surface area (Å²) in [5.41, 5.74) is 1.60. The number of fused-ring (bicyclic) bond motifs is 1. The monoisotopic (exact) mass is 513 g/mol. The smallest absolute Gasteiger partial charge is 0.283 e. The molecule has 0 saturated carbocycles. The number of pyridine rings is 1. The van der Waals surface area contributed by atoms with Crippen LogP contribution in [0.1, 0.15) is 18.1 Å². The van der Waals surface area contributed by atoms with Crippen LogP contribution in [-0.2, 0) is 4.79 Å². The lowest BCUT2D eigenvalue weighted by atomic mass is 10.1. The van der Waals surface area contributed by atoms with Gasteiger partial charge in [-0.2, -0.15) is 15.1 Å². The van der Waals surface area contributed by atoms with Gasteiger partial charge in [0, 0.05) is 18.0 Å². The Morgan fingerprint density at radius 3 is 2.62 bits per heavy atom. The molecule has 0 unspecified atom stereocenters. The van der Waals surface area contributed by atoms with Crippen LogP contribution in [-0.4, -0.2) is 51.8 Å². The number of rotatable bonds is 9. The Kier molecular flexibility index (Phi) is 7.27. The van der Waals surface area contributed by atoms with E-state index < -0.39 is 5.91 Å². The summed E-state index contributed by atoms with van der Waals surface area (Å²) in [5, 5.41) is 15.4. The van der Waals surface area contributed by atoms with E-state index in [2.05, 4.69) is 15.1 Å². The minimum Gasteiger partial charge on any atom is -0.490 e. The van der Waals surface area contributed by atoms with Crippen LogP contribution in [0.15, 0.2) is 88.7 Å². The number of carbonyl (C=O) groups excluding carboxylic acids is 1. The van der Waals surface area contributed by atoms with Crippen LogP contribution in [0, 0.1) is 5.41 Å². The number of aromatic nitrogens is 1. The Labute approximate surface area is 218 Å². The van der Waals surface area contributed by atoms with Crippen molar-refractivity contribution in [3.05, 3.63) is 89.8 Å². The SMILES string of the molecule is CCOc1cc(/C=C2/C(=N)N3N=C(c4cccnc4)SC3=NC2=O)ccc1OCCOc1ccccc1. The quantitative estimate of drug-likeness (QED) is 0.329. The van der Waals surface area contributed by atoms with E-state index in [1.54, 1.807) is 42.7 Å². The van der Waals surface area contributed by atoms with Gasteiger partial charge in [-0.1, -0.05) is 24.3 Å². The molecule has 2 aromatic carbocycles. The predicted molar refractivity (Wildman–Crippen MR) is 143 cm³/mol. The van der Waals surface area contributed by atoms with E-state index in [0.717, 1.165) is 11.3 Å². The molecule has 0 spiro atoms. The van der Waals surface area contributed by atoms with E-state index in [1.165, 1.54) is 16.8 Å². The highest BCUT2D eigenvalue weighted by Crippen LogP contribution is 2.33. The van der Waals surface area contributed by atoms with Gasteiger partial charge in [0.15, 0.2) is 17.3 Å². The first-order chi connectivity index (χ1) is 18.1. The van der Waals surface area contributed by atoms with E-state index in [4.69, 9.17) is 19.6 Å². The van der Waals surface area contributed by atoms with Crippen molar-refractivity contribution in [1.82, 2.24) is 9.99 Å². The number of ether oxygens (including phenoxy) is 3. The first-order valence-electron chi connectivity index (χ1n) is 11.6. The third kappa shape index (κ3) is 5.54. The Bertz CT molecular complexity index is 1410. The Balaban J connectivity index is 1.31. The van der Waals surface area contributed by atoms with Gasteiger partial charge in [-0.05, 0) is 66.7 Å². The third-order valence-electron chi connectivity index (χ3n) is 5.29. The summed E-state index contributed by atoms with van der Waals surface area (Å²) in [6.07, 6.45) is 4.96. The Hall–Kier alpha value is -4.44. The molecule has 3 heterocycles. The maximum atomic E-state index is 12.8. The van der Waals surface area contributed by atoms with Gasteiger partial charge in [-0.3, -0.25) is 15.2 Å². The van der Waals surface area contributed by atoms with Gasteiger partial charge in [0.1, 0.15) is 24.0 Å². The summed E-state index contributed by atoms with van der Waals surface area (Å²) < 4.78 is 17.3. The lowest BCUT2D eigenvalue weighted by Gasteiger charge is -2.20. The summed E-state index contributed by atoms with van der Waals surface area (Å²) in [5.74, 6) is 1.33. The third-order valence-corrected chi connectivity index (χ3v) is 6.25. The molecule has 1 N–H and O–H groups in total. The van der Waals surface area contributed by atoms with Crippen LogP contribution >= 0.6 is 11.8 Å². The van der Waals surface area contributed by atoms with Gasteiger partial charge in [-0.15, -0.1) is 0 Å². The summed E-state index contributed by atoms with van der Waals surface area (Å²) in [6.45, 7) is 3.03. The van der Waals surface area contributed by atoms with Crippen LogP contribution in [0.25, 0.3) is 6.08 Å². The van der Waals surface area contributed by atoms with Crippen LogP contribution in [0.4, 0.5) is 0 Å². The second-order valence-corrected chi connectivity index (χ2v) is 8.77. The van der Waals surface area contributed by atoms with Gasteiger partial charge in [0.05, 0.1) is 12.2 Å². The molecular formula is C27H23N5O4S. The number of amidine groups is 2. The minimum absolute atomic E-state index is 0.0438. The number of para-hydroxylation sites is 1. The van der Waals surface area contributed by atoms with Crippen molar-refractivity contribution in [1.29, 1.82) is 5.41 Å². The second-order valence-electron chi connectivity index (χ2n) is 7.82. The molecule has 0 aliphatic carbocycles. The molecular weight excluding hydrogens is 490 g/mol. The first kappa shape index (κ1) is 24.3. The highest BCUT2D eigenvalue weighted by Gasteiger charge is 2.36. The highest BCUT2D eigenvalue weighted by molar-refractivity contribution is 8.27. The molecule has 0 bridgehead atoms. The molecule has 5 rings (SSSR count). The summed E-state index contributed by atoms with van der Waals surface area (Å²) in [6, 6.07) is 18.5. The van der Waals surface area contributed by atoms with Crippen molar-refractivity contribution in [3.8, 4) is 17.2 Å². The van der Waals surface area contributed by atoms with E-state index >= 15 is 0 Å². The number of nitrogens with zero attached hydrogens (tertiary/aromatic N) is 4. The second kappa shape index (κ2) is 11.1. The molecule has 9 nitrogen and oxygen atoms in total. The molecule has 0 radical (unpaired) electrons. The largest absolute Gasteiger partial charge is 0.490 e. The van der Waals surface area contributed by atoms with Gasteiger partial charge in [0.2, 0.25) is 5.17 Å². The molecule has 1 amide bonds. The van der Waals surface area contributed by atoms with Crippen LogP contribution < -0.4 is 14.2 Å². The predicted octanol–water partition coefficient (Wildman–Crippen LogP) is 4.61. The molecule has 1 aromatic heterocycles. The van der Waals surface area contributed by atoms with Gasteiger partial charge < -0.3 is 14.2 Å². The topological polar surface area (TPSA) is 109 Å². The summed E-state index contributed by atoms with van der Waals surface area (Å²) in [7, 11) is 0. The van der Waals surface area contributed by atoms with E-state index in [9.17, 15) is 4.79 Å². The van der Waals surface area contributed by atoms with Gasteiger partial charge >= 0.3 is 0 Å². The number of carbonyl (C=O) groups is 1. The zero-order valence-corrected chi connectivity index (χ0v) is 20.8. The summed E-state index contributed by atoms with van der Waals surface area (Å²) >= 11 is 1.23. The van der Waals surface area contributed by atoms with Crippen molar-refractivity contribution in [2.75, 3.05) is 19.8 Å². The molecule has 0 saturated heterocycles. The number of benzene rings is 2. The fraction of sp³-hybridized carbons (Fsp3) is 0.148. The van der Waals surface area contributed by atoms with Crippen LogP contribution in [0.3, 0.4) is 0 Å². The fourth-order valence-electron chi connectivity index (χ4n) is 3.59. The molecule has 3 aromatic rings. The number of hydrogen-bond acceptors (Lipinski definition) is 8. The van der Waals surface area contributed by atoms with E-state index in [-0.39, 0.29) is 11.4 Å². The summed E-state index contributed by atoms with van der Waals surface area (Å²) in [4.78, 5) is 21.1. The highest BCUT2D eigenvalue weighted by atomic mass is 32.2. The van der Waals surface area contributed by atoms with Crippen molar-refractivity contribution in [3.63, 3.8) is 0 Å². The van der Waals surface area contributed by atoms with Gasteiger partial charge in [0.25, 0.3) is 5.91 Å². The fourth-order valence-corrected chi connectivity index (χ4v) is 4.48. The van der Waals surface area contributed by atoms with E-state index in [1.807, 2.05) is 43.3 Å². The molecule has 2 aliphatic heterocycles. The maximum Gasteiger partial charge on any atom is 0.283 e. The number of hydrogen-bond donors (Lipinski definition) is 1. The lowest BCUT2D eigenvalue weighted by molar-refractivity contribution is -0.114. The number of hydrazone groups is 1. The Morgan fingerprint density at radius 1 is 1.00 bits per heavy atom. The molecule has 10 heteroatoms. The number of nitrogens with one attached hydrogen (secondary N) is 1. The molecule has 0 fully saturated rings. The standard InChI is InChI=1S/C27H23N5O4S/c1-2-34-23-16-18(10-11-22(23)36-14-13-35-20-8-4-3-5-9-20)15-21-24(28)32-27(30-25(21)33)37-26(31-32)19-7-6-12-29-17-19/h3-12,15-17,28H,2,13-14H2,1H3/b21-15-,28-24?. The number of aliphatic imine (C=N–C) groups is 1. The normalized spacial score (nSPS) is 15.8. The van der Waals surface area contributed by atoms with Crippen LogP contribution in [0.2, 0.25) is 0 Å². The zero-order chi connectivity index (χ0) is 25.6. The first-order valence-corrected chi connectivity index (χ1v) is 12.4. The van der Waals surface area contributed by atoms with Crippen molar-refractivity contribution in [2.45, 2.75) is 6.92 Å². The average Bonchev–Trinajstić information content (AvgIpc) is 3.35. The van der Waals surface area contributed by atoms with Crippen molar-refractivity contribution >= 4 is 39.8 Å².